The number of carbonyl (C=O) groups is 2. The highest BCUT2D eigenvalue weighted by molar-refractivity contribution is 5.91. The number of likely N-dealkylation sites (tertiary alicyclic amines) is 1. The molecule has 120 valence electrons. The van der Waals surface area contributed by atoms with Gasteiger partial charge in [0.1, 0.15) is 11.8 Å². The molecule has 0 N–H and O–H groups in total. The lowest BCUT2D eigenvalue weighted by Gasteiger charge is -2.38. The van der Waals surface area contributed by atoms with Crippen LogP contribution in [0.15, 0.2) is 22.8 Å². The molecule has 2 fully saturated rings. The van der Waals surface area contributed by atoms with E-state index in [1.165, 1.54) is 0 Å². The number of amides is 2. The summed E-state index contributed by atoms with van der Waals surface area (Å²) >= 11 is 0. The highest BCUT2D eigenvalue weighted by atomic mass is 16.5. The molecule has 6 heteroatoms. The first-order chi connectivity index (χ1) is 10.5. The molecule has 0 bridgehead atoms. The topological polar surface area (TPSA) is 63.0 Å². The zero-order valence-corrected chi connectivity index (χ0v) is 13.0. The van der Waals surface area contributed by atoms with E-state index >= 15 is 0 Å². The van der Waals surface area contributed by atoms with Crippen LogP contribution in [0.25, 0.3) is 0 Å². The summed E-state index contributed by atoms with van der Waals surface area (Å²) in [5.41, 5.74) is 0. The molecule has 2 amide bonds. The maximum Gasteiger partial charge on any atom is 0.245 e. The molecule has 3 rings (SSSR count). The first-order valence-electron chi connectivity index (χ1n) is 7.80. The van der Waals surface area contributed by atoms with Gasteiger partial charge in [-0.05, 0) is 32.4 Å². The lowest BCUT2D eigenvalue weighted by molar-refractivity contribution is -0.150. The monoisotopic (exact) mass is 306 g/mol. The average Bonchev–Trinajstić information content (AvgIpc) is 3.09. The van der Waals surface area contributed by atoms with E-state index in [0.717, 1.165) is 0 Å². The Balaban J connectivity index is 1.71. The Morgan fingerprint density at radius 3 is 2.68 bits per heavy atom. The molecule has 6 nitrogen and oxygen atoms in total. The summed E-state index contributed by atoms with van der Waals surface area (Å²) in [6.45, 7) is 5.47. The van der Waals surface area contributed by atoms with Gasteiger partial charge < -0.3 is 19.0 Å². The average molecular weight is 306 g/mol. The molecule has 2 aliphatic heterocycles. The number of carbonyl (C=O) groups excluding carboxylic acids is 2. The van der Waals surface area contributed by atoms with E-state index in [1.54, 1.807) is 17.2 Å². The van der Waals surface area contributed by atoms with Crippen LogP contribution in [0.3, 0.4) is 0 Å². The summed E-state index contributed by atoms with van der Waals surface area (Å²) in [5, 5.41) is 0. The van der Waals surface area contributed by atoms with Gasteiger partial charge in [-0.2, -0.15) is 0 Å². The maximum absolute atomic E-state index is 12.8. The summed E-state index contributed by atoms with van der Waals surface area (Å²) in [7, 11) is 0. The van der Waals surface area contributed by atoms with Crippen molar-refractivity contribution in [2.24, 2.45) is 0 Å². The van der Waals surface area contributed by atoms with Crippen molar-refractivity contribution in [1.82, 2.24) is 9.80 Å². The van der Waals surface area contributed by atoms with Crippen molar-refractivity contribution in [2.45, 2.75) is 51.5 Å². The Kier molecular flexibility index (Phi) is 4.20. The van der Waals surface area contributed by atoms with Crippen molar-refractivity contribution >= 4 is 11.8 Å². The third-order valence-electron chi connectivity index (χ3n) is 4.25. The van der Waals surface area contributed by atoms with Crippen LogP contribution in [0, 0.1) is 0 Å². The van der Waals surface area contributed by atoms with Crippen LogP contribution < -0.4 is 0 Å². The molecule has 1 aromatic heterocycles. The number of hydrogen-bond acceptors (Lipinski definition) is 4. The lowest BCUT2D eigenvalue weighted by atomic mass is 10.1. The lowest BCUT2D eigenvalue weighted by Crippen LogP contribution is -2.54. The molecule has 0 saturated carbocycles. The molecule has 1 aromatic rings. The van der Waals surface area contributed by atoms with Gasteiger partial charge in [-0.15, -0.1) is 0 Å². The standard InChI is InChI=1S/C16H22N2O4/c1-11-8-17(9-12(2)22-11)16(20)14-5-6-15(19)18(14)10-13-4-3-7-21-13/h3-4,7,11-12,14H,5-6,8-10H2,1-2H3/t11-,12-,14+/m1/s1. The highest BCUT2D eigenvalue weighted by Crippen LogP contribution is 2.24. The van der Waals surface area contributed by atoms with E-state index in [0.29, 0.717) is 38.2 Å². The molecule has 22 heavy (non-hydrogen) atoms. The van der Waals surface area contributed by atoms with Gasteiger partial charge in [-0.3, -0.25) is 9.59 Å². The van der Waals surface area contributed by atoms with E-state index in [4.69, 9.17) is 9.15 Å². The fourth-order valence-corrected chi connectivity index (χ4v) is 3.33. The van der Waals surface area contributed by atoms with Gasteiger partial charge in [0.25, 0.3) is 0 Å². The Morgan fingerprint density at radius 2 is 2.05 bits per heavy atom. The predicted octanol–water partition coefficient (Wildman–Crippen LogP) is 1.41. The Morgan fingerprint density at radius 1 is 1.32 bits per heavy atom. The maximum atomic E-state index is 12.8. The van der Waals surface area contributed by atoms with Gasteiger partial charge in [0, 0.05) is 19.5 Å². The smallest absolute Gasteiger partial charge is 0.245 e. The quantitative estimate of drug-likeness (QED) is 0.847. The van der Waals surface area contributed by atoms with E-state index < -0.39 is 0 Å². The Bertz CT molecular complexity index is 532. The number of furan rings is 1. The van der Waals surface area contributed by atoms with Gasteiger partial charge in [0.2, 0.25) is 11.8 Å². The second kappa shape index (κ2) is 6.12. The normalized spacial score (nSPS) is 29.2. The van der Waals surface area contributed by atoms with Gasteiger partial charge in [0.05, 0.1) is 25.0 Å². The molecule has 2 aliphatic rings. The highest BCUT2D eigenvalue weighted by Gasteiger charge is 2.40. The van der Waals surface area contributed by atoms with Crippen molar-refractivity contribution in [3.8, 4) is 0 Å². The van der Waals surface area contributed by atoms with Gasteiger partial charge in [0.15, 0.2) is 0 Å². The minimum absolute atomic E-state index is 0.0177. The molecule has 3 heterocycles. The summed E-state index contributed by atoms with van der Waals surface area (Å²) in [4.78, 5) is 28.4. The van der Waals surface area contributed by atoms with E-state index in [9.17, 15) is 9.59 Å². The molecular weight excluding hydrogens is 284 g/mol. The van der Waals surface area contributed by atoms with E-state index in [2.05, 4.69) is 0 Å². The zero-order chi connectivity index (χ0) is 15.7. The molecule has 0 aromatic carbocycles. The Hall–Kier alpha value is -1.82. The summed E-state index contributed by atoms with van der Waals surface area (Å²) < 4.78 is 11.0. The van der Waals surface area contributed by atoms with Crippen LogP contribution in [0.2, 0.25) is 0 Å². The van der Waals surface area contributed by atoms with Crippen molar-refractivity contribution in [3.05, 3.63) is 24.2 Å². The molecule has 0 spiro atoms. The number of hydrogen-bond donors (Lipinski definition) is 0. The number of nitrogens with zero attached hydrogens (tertiary/aromatic N) is 2. The van der Waals surface area contributed by atoms with Crippen LogP contribution in [-0.2, 0) is 20.9 Å². The second-order valence-electron chi connectivity index (χ2n) is 6.16. The SMILES string of the molecule is C[C@@H]1CN(C(=O)[C@@H]2CCC(=O)N2Cc2ccco2)C[C@@H](C)O1. The van der Waals surface area contributed by atoms with E-state index in [1.807, 2.05) is 24.8 Å². The van der Waals surface area contributed by atoms with Crippen molar-refractivity contribution in [1.29, 1.82) is 0 Å². The molecule has 0 aliphatic carbocycles. The zero-order valence-electron chi connectivity index (χ0n) is 13.0. The van der Waals surface area contributed by atoms with Crippen LogP contribution in [0.1, 0.15) is 32.4 Å². The van der Waals surface area contributed by atoms with Crippen LogP contribution in [0.5, 0.6) is 0 Å². The summed E-state index contributed by atoms with van der Waals surface area (Å²) in [5.74, 6) is 0.750. The van der Waals surface area contributed by atoms with Crippen LogP contribution in [0.4, 0.5) is 0 Å². The van der Waals surface area contributed by atoms with Crippen molar-refractivity contribution < 1.29 is 18.7 Å². The predicted molar refractivity (Wildman–Crippen MR) is 78.9 cm³/mol. The first kappa shape index (κ1) is 15.1. The third-order valence-corrected chi connectivity index (χ3v) is 4.25. The minimum Gasteiger partial charge on any atom is -0.467 e. The van der Waals surface area contributed by atoms with Gasteiger partial charge in [-0.25, -0.2) is 0 Å². The minimum atomic E-state index is -0.380. The molecule has 0 unspecified atom stereocenters. The number of rotatable bonds is 3. The number of ether oxygens (including phenoxy) is 1. The fourth-order valence-electron chi connectivity index (χ4n) is 3.33. The van der Waals surface area contributed by atoms with Crippen molar-refractivity contribution in [2.75, 3.05) is 13.1 Å². The fraction of sp³-hybridized carbons (Fsp3) is 0.625. The second-order valence-corrected chi connectivity index (χ2v) is 6.16. The van der Waals surface area contributed by atoms with Crippen molar-refractivity contribution in [3.63, 3.8) is 0 Å². The Labute approximate surface area is 130 Å². The van der Waals surface area contributed by atoms with E-state index in [-0.39, 0.29) is 30.1 Å². The molecular formula is C16H22N2O4. The first-order valence-corrected chi connectivity index (χ1v) is 7.80. The summed E-state index contributed by atoms with van der Waals surface area (Å²) in [6.07, 6.45) is 2.65. The van der Waals surface area contributed by atoms with Gasteiger partial charge in [-0.1, -0.05) is 0 Å². The van der Waals surface area contributed by atoms with Crippen LogP contribution in [-0.4, -0.2) is 53.0 Å². The van der Waals surface area contributed by atoms with Crippen LogP contribution >= 0.6 is 0 Å². The third kappa shape index (κ3) is 3.02. The molecule has 3 atom stereocenters. The largest absolute Gasteiger partial charge is 0.467 e. The summed E-state index contributed by atoms with van der Waals surface area (Å²) in [6, 6.07) is 3.24. The molecule has 0 radical (unpaired) electrons. The molecule has 2 saturated heterocycles. The number of morpholine rings is 1. The van der Waals surface area contributed by atoms with Gasteiger partial charge >= 0.3 is 0 Å².